The quantitative estimate of drug-likeness (QED) is 0.508. The van der Waals surface area contributed by atoms with Crippen molar-refractivity contribution in [1.29, 1.82) is 0 Å². The number of anilines is 2. The summed E-state index contributed by atoms with van der Waals surface area (Å²) in [5.41, 5.74) is 1.12. The van der Waals surface area contributed by atoms with E-state index in [1.54, 1.807) is 31.2 Å². The predicted octanol–water partition coefficient (Wildman–Crippen LogP) is 2.49. The van der Waals surface area contributed by atoms with Crippen LogP contribution in [0.25, 0.3) is 0 Å². The Kier molecular flexibility index (Phi) is 5.10. The van der Waals surface area contributed by atoms with Crippen molar-refractivity contribution in [3.05, 3.63) is 58.1 Å². The van der Waals surface area contributed by atoms with Crippen molar-refractivity contribution in [3.63, 3.8) is 0 Å². The summed E-state index contributed by atoms with van der Waals surface area (Å²) < 4.78 is 5.03. The number of benzene rings is 2. The first-order valence-corrected chi connectivity index (χ1v) is 6.92. The van der Waals surface area contributed by atoms with Crippen LogP contribution < -0.4 is 15.4 Å². The van der Waals surface area contributed by atoms with Gasteiger partial charge in [-0.3, -0.25) is 19.7 Å². The van der Waals surface area contributed by atoms with Crippen LogP contribution in [0.4, 0.5) is 17.1 Å². The van der Waals surface area contributed by atoms with Crippen LogP contribution in [-0.2, 0) is 9.59 Å². The highest BCUT2D eigenvalue weighted by atomic mass is 16.6. The third-order valence-electron chi connectivity index (χ3n) is 3.20. The molecular weight excluding hydrogens is 314 g/mol. The largest absolute Gasteiger partial charge is 0.497 e. The molecule has 0 unspecified atom stereocenters. The third-order valence-corrected chi connectivity index (χ3v) is 3.20. The smallest absolute Gasteiger partial charge is 0.314 e. The Labute approximate surface area is 137 Å². The number of nitrogens with one attached hydrogen (secondary N) is 2. The van der Waals surface area contributed by atoms with Gasteiger partial charge in [0.15, 0.2) is 0 Å². The van der Waals surface area contributed by atoms with Gasteiger partial charge in [0.05, 0.1) is 12.0 Å². The van der Waals surface area contributed by atoms with Crippen molar-refractivity contribution in [1.82, 2.24) is 0 Å². The number of hydrogen-bond acceptors (Lipinski definition) is 5. The van der Waals surface area contributed by atoms with Crippen LogP contribution in [0, 0.1) is 17.0 Å². The molecule has 2 rings (SSSR count). The number of carbonyl (C=O) groups excluding carboxylic acids is 2. The van der Waals surface area contributed by atoms with E-state index >= 15 is 0 Å². The Balaban J connectivity index is 2.06. The lowest BCUT2D eigenvalue weighted by Gasteiger charge is -2.09. The normalized spacial score (nSPS) is 9.92. The van der Waals surface area contributed by atoms with Gasteiger partial charge in [0.1, 0.15) is 5.75 Å². The molecule has 8 nitrogen and oxygen atoms in total. The lowest BCUT2D eigenvalue weighted by Crippen LogP contribution is -2.29. The van der Waals surface area contributed by atoms with Crippen molar-refractivity contribution in [2.45, 2.75) is 6.92 Å². The highest BCUT2D eigenvalue weighted by molar-refractivity contribution is 6.43. The highest BCUT2D eigenvalue weighted by Gasteiger charge is 2.16. The molecule has 0 radical (unpaired) electrons. The zero-order chi connectivity index (χ0) is 17.7. The number of nitro groups is 1. The summed E-state index contributed by atoms with van der Waals surface area (Å²) in [5, 5.41) is 15.6. The van der Waals surface area contributed by atoms with Gasteiger partial charge in [-0.2, -0.15) is 0 Å². The number of aryl methyl sites for hydroxylation is 1. The summed E-state index contributed by atoms with van der Waals surface area (Å²) >= 11 is 0. The summed E-state index contributed by atoms with van der Waals surface area (Å²) in [5.74, 6) is -1.20. The summed E-state index contributed by atoms with van der Waals surface area (Å²) in [6.45, 7) is 1.60. The molecule has 0 atom stereocenters. The maximum absolute atomic E-state index is 12.0. The average molecular weight is 329 g/mol. The van der Waals surface area contributed by atoms with Gasteiger partial charge in [-0.05, 0) is 30.7 Å². The summed E-state index contributed by atoms with van der Waals surface area (Å²) in [7, 11) is 1.49. The van der Waals surface area contributed by atoms with E-state index in [0.717, 1.165) is 0 Å². The van der Waals surface area contributed by atoms with Crippen LogP contribution in [0.3, 0.4) is 0 Å². The van der Waals surface area contributed by atoms with Crippen molar-refractivity contribution in [3.8, 4) is 5.75 Å². The molecule has 0 fully saturated rings. The SMILES string of the molecule is COc1cccc(NC(=O)C(=O)Nc2ccc([N+](=O)[O-])cc2C)c1. The van der Waals surface area contributed by atoms with Gasteiger partial charge in [0.2, 0.25) is 0 Å². The second kappa shape index (κ2) is 7.23. The number of nitrogens with zero attached hydrogens (tertiary/aromatic N) is 1. The Bertz CT molecular complexity index is 804. The molecule has 0 aromatic heterocycles. The summed E-state index contributed by atoms with van der Waals surface area (Å²) in [4.78, 5) is 34.0. The van der Waals surface area contributed by atoms with Gasteiger partial charge in [-0.25, -0.2) is 0 Å². The monoisotopic (exact) mass is 329 g/mol. The number of methoxy groups -OCH3 is 1. The standard InChI is InChI=1S/C16H15N3O5/c1-10-8-12(19(22)23)6-7-14(10)18-16(21)15(20)17-11-4-3-5-13(9-11)24-2/h3-9H,1-2H3,(H,17,20)(H,18,21). The zero-order valence-corrected chi connectivity index (χ0v) is 13.0. The Morgan fingerprint density at radius 3 is 2.42 bits per heavy atom. The fourth-order valence-corrected chi connectivity index (χ4v) is 1.97. The van der Waals surface area contributed by atoms with Gasteiger partial charge >= 0.3 is 11.8 Å². The molecule has 0 aliphatic carbocycles. The van der Waals surface area contributed by atoms with Gasteiger partial charge < -0.3 is 15.4 Å². The van der Waals surface area contributed by atoms with Crippen molar-refractivity contribution >= 4 is 28.9 Å². The molecular formula is C16H15N3O5. The molecule has 2 aromatic carbocycles. The molecule has 0 aliphatic heterocycles. The first-order valence-electron chi connectivity index (χ1n) is 6.92. The molecule has 124 valence electrons. The van der Waals surface area contributed by atoms with Gasteiger partial charge in [0.25, 0.3) is 5.69 Å². The second-order valence-corrected chi connectivity index (χ2v) is 4.90. The minimum Gasteiger partial charge on any atom is -0.497 e. The maximum atomic E-state index is 12.0. The molecule has 24 heavy (non-hydrogen) atoms. The number of ether oxygens (including phenoxy) is 1. The second-order valence-electron chi connectivity index (χ2n) is 4.90. The maximum Gasteiger partial charge on any atom is 0.314 e. The third kappa shape index (κ3) is 4.07. The van der Waals surface area contributed by atoms with Crippen molar-refractivity contribution < 1.29 is 19.2 Å². The molecule has 2 amide bonds. The first kappa shape index (κ1) is 16.9. The van der Waals surface area contributed by atoms with Crippen LogP contribution in [0.5, 0.6) is 5.75 Å². The van der Waals surface area contributed by atoms with Crippen LogP contribution in [0.1, 0.15) is 5.56 Å². The van der Waals surface area contributed by atoms with Crippen LogP contribution in [0.15, 0.2) is 42.5 Å². The lowest BCUT2D eigenvalue weighted by molar-refractivity contribution is -0.384. The van der Waals surface area contributed by atoms with E-state index in [0.29, 0.717) is 22.7 Å². The van der Waals surface area contributed by atoms with E-state index in [4.69, 9.17) is 4.74 Å². The number of rotatable bonds is 4. The fourth-order valence-electron chi connectivity index (χ4n) is 1.97. The van der Waals surface area contributed by atoms with E-state index in [2.05, 4.69) is 10.6 Å². The number of non-ortho nitro benzene ring substituents is 1. The van der Waals surface area contributed by atoms with E-state index < -0.39 is 16.7 Å². The lowest BCUT2D eigenvalue weighted by atomic mass is 10.2. The molecule has 2 N–H and O–H groups in total. The van der Waals surface area contributed by atoms with E-state index in [1.165, 1.54) is 25.3 Å². The minimum absolute atomic E-state index is 0.0914. The predicted molar refractivity (Wildman–Crippen MR) is 88.1 cm³/mol. The molecule has 0 saturated carbocycles. The Morgan fingerprint density at radius 1 is 1.08 bits per heavy atom. The molecule has 0 spiro atoms. The van der Waals surface area contributed by atoms with Crippen LogP contribution in [0.2, 0.25) is 0 Å². The molecule has 0 aliphatic rings. The molecule has 0 bridgehead atoms. The van der Waals surface area contributed by atoms with Crippen molar-refractivity contribution in [2.24, 2.45) is 0 Å². The fraction of sp³-hybridized carbons (Fsp3) is 0.125. The summed E-state index contributed by atoms with van der Waals surface area (Å²) in [6.07, 6.45) is 0. The molecule has 0 heterocycles. The number of carbonyl (C=O) groups is 2. The minimum atomic E-state index is -0.880. The topological polar surface area (TPSA) is 111 Å². The zero-order valence-electron chi connectivity index (χ0n) is 13.0. The molecule has 8 heteroatoms. The molecule has 2 aromatic rings. The summed E-state index contributed by atoms with van der Waals surface area (Å²) in [6, 6.07) is 10.5. The Morgan fingerprint density at radius 2 is 1.79 bits per heavy atom. The number of nitro benzene ring substituents is 1. The van der Waals surface area contributed by atoms with E-state index in [9.17, 15) is 19.7 Å². The Hall–Kier alpha value is -3.42. The van der Waals surface area contributed by atoms with Crippen molar-refractivity contribution in [2.75, 3.05) is 17.7 Å². The average Bonchev–Trinajstić information content (AvgIpc) is 2.56. The van der Waals surface area contributed by atoms with E-state index in [1.807, 2.05) is 0 Å². The van der Waals surface area contributed by atoms with Crippen LogP contribution >= 0.6 is 0 Å². The van der Waals surface area contributed by atoms with Gasteiger partial charge in [-0.15, -0.1) is 0 Å². The first-order chi connectivity index (χ1) is 11.4. The number of amides is 2. The molecule has 0 saturated heterocycles. The van der Waals surface area contributed by atoms with Crippen LogP contribution in [-0.4, -0.2) is 23.8 Å². The number of hydrogen-bond donors (Lipinski definition) is 2. The van der Waals surface area contributed by atoms with Gasteiger partial charge in [-0.1, -0.05) is 6.07 Å². The van der Waals surface area contributed by atoms with Gasteiger partial charge in [0, 0.05) is 29.6 Å². The van der Waals surface area contributed by atoms with E-state index in [-0.39, 0.29) is 5.69 Å². The highest BCUT2D eigenvalue weighted by Crippen LogP contribution is 2.21.